The van der Waals surface area contributed by atoms with Crippen molar-refractivity contribution in [3.05, 3.63) is 18.0 Å². The summed E-state index contributed by atoms with van der Waals surface area (Å²) in [4.78, 5) is 27.6. The van der Waals surface area contributed by atoms with Crippen molar-refractivity contribution in [3.63, 3.8) is 0 Å². The van der Waals surface area contributed by atoms with E-state index in [0.717, 1.165) is 0 Å². The van der Waals surface area contributed by atoms with Crippen LogP contribution in [0.15, 0.2) is 12.3 Å². The summed E-state index contributed by atoms with van der Waals surface area (Å²) in [5.74, 6) is -0.317. The van der Waals surface area contributed by atoms with E-state index < -0.39 is 5.60 Å². The number of morpholine rings is 1. The molecule has 1 fully saturated rings. The molecular weight excluding hydrogens is 260 g/mol. The van der Waals surface area contributed by atoms with Crippen LogP contribution in [0.25, 0.3) is 0 Å². The second-order valence-corrected chi connectivity index (χ2v) is 5.38. The van der Waals surface area contributed by atoms with Gasteiger partial charge < -0.3 is 14.5 Å². The number of rotatable bonds is 2. The summed E-state index contributed by atoms with van der Waals surface area (Å²) in [5, 5.41) is 4.10. The molecule has 110 valence electrons. The number of aryl methyl sites for hydroxylation is 1. The highest BCUT2D eigenvalue weighted by Crippen LogP contribution is 2.21. The summed E-state index contributed by atoms with van der Waals surface area (Å²) in [6.45, 7) is 2.76. The molecule has 1 aromatic rings. The van der Waals surface area contributed by atoms with Crippen LogP contribution in [-0.4, -0.2) is 70.8 Å². The molecule has 0 spiro atoms. The van der Waals surface area contributed by atoms with Crippen molar-refractivity contribution in [2.45, 2.75) is 12.5 Å². The lowest BCUT2D eigenvalue weighted by Gasteiger charge is -2.40. The largest absolute Gasteiger partial charge is 0.362 e. The van der Waals surface area contributed by atoms with E-state index in [-0.39, 0.29) is 18.4 Å². The second-order valence-electron chi connectivity index (χ2n) is 5.38. The lowest BCUT2D eigenvalue weighted by molar-refractivity contribution is -0.162. The van der Waals surface area contributed by atoms with Gasteiger partial charge in [-0.05, 0) is 13.0 Å². The minimum absolute atomic E-state index is 0.143. The number of carbonyl (C=O) groups excluding carboxylic acids is 2. The minimum Gasteiger partial charge on any atom is -0.362 e. The fourth-order valence-electron chi connectivity index (χ4n) is 2.34. The van der Waals surface area contributed by atoms with Gasteiger partial charge in [-0.2, -0.15) is 5.10 Å². The Balaban J connectivity index is 2.14. The third-order valence-corrected chi connectivity index (χ3v) is 3.35. The molecule has 0 aromatic carbocycles. The van der Waals surface area contributed by atoms with Crippen molar-refractivity contribution >= 4 is 11.8 Å². The Morgan fingerprint density at radius 1 is 1.45 bits per heavy atom. The van der Waals surface area contributed by atoms with Crippen molar-refractivity contribution in [2.24, 2.45) is 7.05 Å². The molecule has 0 aliphatic carbocycles. The quantitative estimate of drug-likeness (QED) is 0.748. The number of ether oxygens (including phenoxy) is 1. The summed E-state index contributed by atoms with van der Waals surface area (Å²) in [6.07, 6.45) is 1.72. The molecule has 0 radical (unpaired) electrons. The Kier molecular flexibility index (Phi) is 3.80. The lowest BCUT2D eigenvalue weighted by atomic mass is 10.0. The Hall–Kier alpha value is -1.89. The lowest BCUT2D eigenvalue weighted by Crippen LogP contribution is -2.59. The van der Waals surface area contributed by atoms with Gasteiger partial charge in [0.1, 0.15) is 5.69 Å². The number of likely N-dealkylation sites (N-methyl/N-ethyl adjacent to an activating group) is 1. The Morgan fingerprint density at radius 3 is 2.70 bits per heavy atom. The highest BCUT2D eigenvalue weighted by atomic mass is 16.5. The van der Waals surface area contributed by atoms with Gasteiger partial charge in [0, 0.05) is 33.9 Å². The Morgan fingerprint density at radius 2 is 2.15 bits per heavy atom. The summed E-state index contributed by atoms with van der Waals surface area (Å²) < 4.78 is 7.18. The molecule has 1 atom stereocenters. The van der Waals surface area contributed by atoms with E-state index in [2.05, 4.69) is 5.10 Å². The zero-order chi connectivity index (χ0) is 14.9. The fraction of sp³-hybridized carbons (Fsp3) is 0.615. The number of aromatic nitrogens is 2. The average molecular weight is 280 g/mol. The van der Waals surface area contributed by atoms with Crippen LogP contribution >= 0.6 is 0 Å². The highest BCUT2D eigenvalue weighted by Gasteiger charge is 2.42. The van der Waals surface area contributed by atoms with E-state index in [9.17, 15) is 9.59 Å². The second kappa shape index (κ2) is 5.24. The first kappa shape index (κ1) is 14.5. The van der Waals surface area contributed by atoms with Crippen LogP contribution < -0.4 is 0 Å². The summed E-state index contributed by atoms with van der Waals surface area (Å²) in [6, 6.07) is 1.67. The molecule has 0 N–H and O–H groups in total. The van der Waals surface area contributed by atoms with Crippen molar-refractivity contribution in [1.82, 2.24) is 19.6 Å². The van der Waals surface area contributed by atoms with Crippen LogP contribution in [0.3, 0.4) is 0 Å². The van der Waals surface area contributed by atoms with Gasteiger partial charge in [0.2, 0.25) is 0 Å². The van der Waals surface area contributed by atoms with Crippen molar-refractivity contribution in [3.8, 4) is 0 Å². The molecule has 0 saturated carbocycles. The number of carbonyl (C=O) groups is 2. The molecule has 2 rings (SSSR count). The maximum absolute atomic E-state index is 12.4. The van der Waals surface area contributed by atoms with Gasteiger partial charge in [-0.15, -0.1) is 0 Å². The molecule has 0 bridgehead atoms. The van der Waals surface area contributed by atoms with Crippen LogP contribution in [0.5, 0.6) is 0 Å². The highest BCUT2D eigenvalue weighted by molar-refractivity contribution is 5.93. The van der Waals surface area contributed by atoms with Crippen molar-refractivity contribution < 1.29 is 14.3 Å². The van der Waals surface area contributed by atoms with Crippen molar-refractivity contribution in [2.75, 3.05) is 33.8 Å². The van der Waals surface area contributed by atoms with Gasteiger partial charge in [-0.25, -0.2) is 0 Å². The van der Waals surface area contributed by atoms with E-state index >= 15 is 0 Å². The van der Waals surface area contributed by atoms with Gasteiger partial charge in [-0.3, -0.25) is 14.3 Å². The van der Waals surface area contributed by atoms with Gasteiger partial charge in [-0.1, -0.05) is 0 Å². The SMILES string of the molecule is CN(C)C(=O)[C@@]1(C)CN(C(=O)c2ccn(C)n2)CCO1. The summed E-state index contributed by atoms with van der Waals surface area (Å²) >= 11 is 0. The van der Waals surface area contributed by atoms with Crippen LogP contribution in [0, 0.1) is 0 Å². The van der Waals surface area contributed by atoms with E-state index in [4.69, 9.17) is 4.74 Å². The fourth-order valence-corrected chi connectivity index (χ4v) is 2.34. The number of amides is 2. The number of nitrogens with zero attached hydrogens (tertiary/aromatic N) is 4. The zero-order valence-electron chi connectivity index (χ0n) is 12.3. The van der Waals surface area contributed by atoms with Crippen molar-refractivity contribution in [1.29, 1.82) is 0 Å². The molecule has 7 heteroatoms. The molecule has 1 aromatic heterocycles. The van der Waals surface area contributed by atoms with E-state index in [1.807, 2.05) is 0 Å². The first-order valence-electron chi connectivity index (χ1n) is 6.48. The maximum Gasteiger partial charge on any atom is 0.274 e. The van der Waals surface area contributed by atoms with Gasteiger partial charge >= 0.3 is 0 Å². The first-order valence-corrected chi connectivity index (χ1v) is 6.48. The molecule has 0 unspecified atom stereocenters. The molecule has 2 amide bonds. The van der Waals surface area contributed by atoms with E-state index in [1.165, 1.54) is 4.90 Å². The molecule has 20 heavy (non-hydrogen) atoms. The van der Waals surface area contributed by atoms with E-state index in [1.54, 1.807) is 49.9 Å². The molecule has 2 heterocycles. The molecule has 1 saturated heterocycles. The normalized spacial score (nSPS) is 22.7. The monoisotopic (exact) mass is 280 g/mol. The van der Waals surface area contributed by atoms with Crippen LogP contribution in [0.1, 0.15) is 17.4 Å². The molecule has 1 aliphatic heterocycles. The minimum atomic E-state index is -0.994. The van der Waals surface area contributed by atoms with Gasteiger partial charge in [0.15, 0.2) is 5.60 Å². The van der Waals surface area contributed by atoms with Crippen LogP contribution in [0.4, 0.5) is 0 Å². The smallest absolute Gasteiger partial charge is 0.274 e. The van der Waals surface area contributed by atoms with Gasteiger partial charge in [0.05, 0.1) is 13.2 Å². The molecule has 7 nitrogen and oxygen atoms in total. The summed E-state index contributed by atoms with van der Waals surface area (Å²) in [7, 11) is 5.11. The predicted molar refractivity (Wildman–Crippen MR) is 72.2 cm³/mol. The predicted octanol–water partition coefficient (Wildman–Crippen LogP) is -0.261. The van der Waals surface area contributed by atoms with Crippen LogP contribution in [0.2, 0.25) is 0 Å². The first-order chi connectivity index (χ1) is 9.33. The Bertz CT molecular complexity index is 525. The zero-order valence-corrected chi connectivity index (χ0v) is 12.3. The van der Waals surface area contributed by atoms with Gasteiger partial charge in [0.25, 0.3) is 11.8 Å². The Labute approximate surface area is 118 Å². The third kappa shape index (κ3) is 2.67. The molecule has 1 aliphatic rings. The standard InChI is InChI=1S/C13H20N4O3/c1-13(12(19)15(2)3)9-17(7-8-20-13)11(18)10-5-6-16(4)14-10/h5-6H,7-9H2,1-4H3/t13-/m1/s1. The number of hydrogen-bond acceptors (Lipinski definition) is 4. The summed E-state index contributed by atoms with van der Waals surface area (Å²) in [5.41, 5.74) is -0.610. The van der Waals surface area contributed by atoms with E-state index in [0.29, 0.717) is 18.8 Å². The third-order valence-electron chi connectivity index (χ3n) is 3.35. The number of hydrogen-bond donors (Lipinski definition) is 0. The molecular formula is C13H20N4O3. The average Bonchev–Trinajstić information content (AvgIpc) is 2.83. The maximum atomic E-state index is 12.4. The topological polar surface area (TPSA) is 67.7 Å². The van der Waals surface area contributed by atoms with Crippen LogP contribution in [-0.2, 0) is 16.6 Å².